The van der Waals surface area contributed by atoms with Gasteiger partial charge in [0.15, 0.2) is 17.5 Å². The normalized spacial score (nSPS) is 24.0. The molecule has 1 N–H and O–H groups in total. The zero-order valence-corrected chi connectivity index (χ0v) is 10.5. The maximum absolute atomic E-state index is 13.6. The molecule has 2 rings (SSSR count). The molecular formula is C11H14F2N2OS. The second kappa shape index (κ2) is 5.18. The van der Waals surface area contributed by atoms with E-state index in [1.807, 2.05) is 6.92 Å². The summed E-state index contributed by atoms with van der Waals surface area (Å²) in [6.45, 7) is 2.63. The molecule has 1 aliphatic rings. The van der Waals surface area contributed by atoms with Crippen LogP contribution >= 0.6 is 11.8 Å². The molecule has 2 atom stereocenters. The summed E-state index contributed by atoms with van der Waals surface area (Å²) in [5.41, 5.74) is 0. The molecule has 6 heteroatoms. The smallest absolute Gasteiger partial charge is 0.168 e. The maximum atomic E-state index is 13.6. The van der Waals surface area contributed by atoms with Crippen LogP contribution in [0.1, 0.15) is 13.3 Å². The lowest BCUT2D eigenvalue weighted by Gasteiger charge is -2.14. The third-order valence-electron chi connectivity index (χ3n) is 2.70. The second-order valence-corrected chi connectivity index (χ2v) is 5.10. The van der Waals surface area contributed by atoms with Crippen molar-refractivity contribution >= 4 is 17.6 Å². The van der Waals surface area contributed by atoms with Gasteiger partial charge in [-0.2, -0.15) is 0 Å². The third kappa shape index (κ3) is 2.69. The van der Waals surface area contributed by atoms with Crippen LogP contribution in [0, 0.1) is 11.6 Å². The van der Waals surface area contributed by atoms with E-state index in [1.165, 1.54) is 11.8 Å². The van der Waals surface area contributed by atoms with Crippen LogP contribution in [-0.4, -0.2) is 30.0 Å². The van der Waals surface area contributed by atoms with E-state index in [0.717, 1.165) is 12.5 Å². The van der Waals surface area contributed by atoms with Gasteiger partial charge in [0.05, 0.1) is 6.10 Å². The Morgan fingerprint density at radius 2 is 2.24 bits per heavy atom. The van der Waals surface area contributed by atoms with Crippen LogP contribution in [-0.2, 0) is 4.74 Å². The first kappa shape index (κ1) is 12.6. The van der Waals surface area contributed by atoms with Gasteiger partial charge in [0.2, 0.25) is 0 Å². The molecule has 1 aliphatic heterocycles. The summed E-state index contributed by atoms with van der Waals surface area (Å²) in [6.07, 6.45) is 0.934. The molecule has 0 amide bonds. The molecule has 1 saturated heterocycles. The molecule has 3 nitrogen and oxygen atoms in total. The van der Waals surface area contributed by atoms with Crippen molar-refractivity contribution in [3.05, 3.63) is 17.7 Å². The predicted molar refractivity (Wildman–Crippen MR) is 63.4 cm³/mol. The van der Waals surface area contributed by atoms with Crippen LogP contribution < -0.4 is 5.32 Å². The quantitative estimate of drug-likeness (QED) is 0.906. The highest BCUT2D eigenvalue weighted by Gasteiger charge is 2.27. The van der Waals surface area contributed by atoms with E-state index in [-0.39, 0.29) is 22.2 Å². The zero-order chi connectivity index (χ0) is 12.4. The minimum absolute atomic E-state index is 0.0699. The van der Waals surface area contributed by atoms with Crippen molar-refractivity contribution in [2.24, 2.45) is 0 Å². The van der Waals surface area contributed by atoms with Gasteiger partial charge in [-0.3, -0.25) is 0 Å². The van der Waals surface area contributed by atoms with Crippen LogP contribution in [0.15, 0.2) is 11.1 Å². The van der Waals surface area contributed by atoms with Gasteiger partial charge < -0.3 is 10.1 Å². The fourth-order valence-corrected chi connectivity index (χ4v) is 2.80. The molecule has 17 heavy (non-hydrogen) atoms. The van der Waals surface area contributed by atoms with Crippen molar-refractivity contribution < 1.29 is 13.5 Å². The number of aromatic nitrogens is 1. The highest BCUT2D eigenvalue weighted by Crippen LogP contribution is 2.33. The van der Waals surface area contributed by atoms with Crippen LogP contribution in [0.25, 0.3) is 0 Å². The number of ether oxygens (including phenoxy) is 1. The van der Waals surface area contributed by atoms with Crippen LogP contribution in [0.3, 0.4) is 0 Å². The average molecular weight is 260 g/mol. The topological polar surface area (TPSA) is 34.2 Å². The van der Waals surface area contributed by atoms with E-state index in [1.54, 1.807) is 7.05 Å². The fourth-order valence-electron chi connectivity index (χ4n) is 1.72. The van der Waals surface area contributed by atoms with Gasteiger partial charge in [0.25, 0.3) is 0 Å². The van der Waals surface area contributed by atoms with E-state index < -0.39 is 11.6 Å². The van der Waals surface area contributed by atoms with Gasteiger partial charge in [0.1, 0.15) is 5.03 Å². The summed E-state index contributed by atoms with van der Waals surface area (Å²) in [6, 6.07) is 0.863. The first-order chi connectivity index (χ1) is 8.11. The molecule has 0 radical (unpaired) electrons. The molecule has 1 aromatic rings. The Hall–Kier alpha value is -0.880. The van der Waals surface area contributed by atoms with Crippen molar-refractivity contribution in [1.82, 2.24) is 4.98 Å². The van der Waals surface area contributed by atoms with Crippen molar-refractivity contribution in [1.29, 1.82) is 0 Å². The maximum Gasteiger partial charge on any atom is 0.168 e. The van der Waals surface area contributed by atoms with Gasteiger partial charge >= 0.3 is 0 Å². The molecule has 0 bridgehead atoms. The van der Waals surface area contributed by atoms with Gasteiger partial charge in [-0.25, -0.2) is 13.8 Å². The molecule has 0 saturated carbocycles. The number of hydrogen-bond acceptors (Lipinski definition) is 4. The summed E-state index contributed by atoms with van der Waals surface area (Å²) in [5, 5.41) is 3.00. The standard InChI is InChI=1S/C11H14F2N2OS/c1-6-9(3-4-16-6)17-11-8(13)5-7(12)10(14-2)15-11/h5-6,9H,3-4H2,1-2H3,(H,14,15). The Balaban J connectivity index is 2.20. The van der Waals surface area contributed by atoms with E-state index in [2.05, 4.69) is 10.3 Å². The predicted octanol–water partition coefficient (Wildman–Crippen LogP) is 2.67. The highest BCUT2D eigenvalue weighted by molar-refractivity contribution is 7.99. The first-order valence-corrected chi connectivity index (χ1v) is 6.32. The number of anilines is 1. The molecule has 1 fully saturated rings. The molecule has 0 aromatic carbocycles. The fraction of sp³-hybridized carbons (Fsp3) is 0.545. The lowest BCUT2D eigenvalue weighted by molar-refractivity contribution is 0.127. The van der Waals surface area contributed by atoms with Gasteiger partial charge in [-0.05, 0) is 13.3 Å². The van der Waals surface area contributed by atoms with E-state index in [4.69, 9.17) is 4.74 Å². The number of pyridine rings is 1. The van der Waals surface area contributed by atoms with E-state index >= 15 is 0 Å². The summed E-state index contributed by atoms with van der Waals surface area (Å²) in [5.74, 6) is -1.23. The van der Waals surface area contributed by atoms with Gasteiger partial charge in [0, 0.05) is 25.0 Å². The Kier molecular flexibility index (Phi) is 3.83. The molecule has 1 aromatic heterocycles. The van der Waals surface area contributed by atoms with E-state index in [9.17, 15) is 8.78 Å². The zero-order valence-electron chi connectivity index (χ0n) is 9.67. The monoisotopic (exact) mass is 260 g/mol. The SMILES string of the molecule is CNc1nc(SC2CCOC2C)c(F)cc1F. The third-order valence-corrected chi connectivity index (χ3v) is 4.14. The number of thioether (sulfide) groups is 1. The second-order valence-electron chi connectivity index (χ2n) is 3.88. The number of hydrogen-bond donors (Lipinski definition) is 1. The number of nitrogens with one attached hydrogen (secondary N) is 1. The Bertz CT molecular complexity index is 417. The summed E-state index contributed by atoms with van der Waals surface area (Å²) >= 11 is 1.31. The van der Waals surface area contributed by atoms with Crippen molar-refractivity contribution in [2.45, 2.75) is 29.7 Å². The van der Waals surface area contributed by atoms with Gasteiger partial charge in [-0.15, -0.1) is 0 Å². The molecular weight excluding hydrogens is 246 g/mol. The molecule has 2 heterocycles. The average Bonchev–Trinajstić information content (AvgIpc) is 2.68. The van der Waals surface area contributed by atoms with Crippen LogP contribution in [0.5, 0.6) is 0 Å². The Morgan fingerprint density at radius 1 is 1.47 bits per heavy atom. The molecule has 0 aliphatic carbocycles. The first-order valence-electron chi connectivity index (χ1n) is 5.44. The summed E-state index contributed by atoms with van der Waals surface area (Å²) in [4.78, 5) is 3.93. The Labute approximate surface area is 103 Å². The lowest BCUT2D eigenvalue weighted by Crippen LogP contribution is -2.14. The van der Waals surface area contributed by atoms with Crippen LogP contribution in [0.4, 0.5) is 14.6 Å². The van der Waals surface area contributed by atoms with Gasteiger partial charge in [-0.1, -0.05) is 11.8 Å². The minimum Gasteiger partial charge on any atom is -0.377 e. The Morgan fingerprint density at radius 3 is 2.82 bits per heavy atom. The number of rotatable bonds is 3. The van der Waals surface area contributed by atoms with E-state index in [0.29, 0.717) is 6.61 Å². The molecule has 2 unspecified atom stereocenters. The molecule has 94 valence electrons. The molecule has 0 spiro atoms. The van der Waals surface area contributed by atoms with Crippen LogP contribution in [0.2, 0.25) is 0 Å². The summed E-state index contributed by atoms with van der Waals surface area (Å²) in [7, 11) is 1.55. The largest absolute Gasteiger partial charge is 0.377 e. The van der Waals surface area contributed by atoms with Crippen molar-refractivity contribution in [2.75, 3.05) is 19.0 Å². The number of halogens is 2. The van der Waals surface area contributed by atoms with Crippen molar-refractivity contribution in [3.8, 4) is 0 Å². The lowest BCUT2D eigenvalue weighted by atomic mass is 10.3. The summed E-state index contributed by atoms with van der Waals surface area (Å²) < 4.78 is 32.2. The minimum atomic E-state index is -0.676. The number of nitrogens with zero attached hydrogens (tertiary/aromatic N) is 1. The van der Waals surface area contributed by atoms with Crippen molar-refractivity contribution in [3.63, 3.8) is 0 Å². The highest BCUT2D eigenvalue weighted by atomic mass is 32.2.